The molecule has 6 heteroatoms. The van der Waals surface area contributed by atoms with Crippen LogP contribution in [0.25, 0.3) is 0 Å². The number of nitrogens with zero attached hydrogens (tertiary/aromatic N) is 2. The van der Waals surface area contributed by atoms with Gasteiger partial charge in [-0.2, -0.15) is 0 Å². The number of piperazine rings is 1. The summed E-state index contributed by atoms with van der Waals surface area (Å²) >= 11 is 1.52. The zero-order valence-electron chi connectivity index (χ0n) is 13.3. The summed E-state index contributed by atoms with van der Waals surface area (Å²) in [6.45, 7) is 8.41. The Bertz CT molecular complexity index is 517. The fraction of sp³-hybridized carbons (Fsp3) is 0.688. The maximum atomic E-state index is 12.7. The molecule has 1 amide bonds. The molecule has 1 unspecified atom stereocenters. The van der Waals surface area contributed by atoms with Crippen LogP contribution < -0.4 is 4.74 Å². The summed E-state index contributed by atoms with van der Waals surface area (Å²) in [6, 6.07) is 1.94. The fourth-order valence-corrected chi connectivity index (χ4v) is 4.11. The second-order valence-electron chi connectivity index (χ2n) is 6.08. The van der Waals surface area contributed by atoms with E-state index in [1.54, 1.807) is 7.11 Å². The van der Waals surface area contributed by atoms with E-state index in [0.29, 0.717) is 11.7 Å². The number of carbonyl (C=O) groups excluding carboxylic acids is 1. The first-order valence-electron chi connectivity index (χ1n) is 7.91. The molecule has 0 spiro atoms. The van der Waals surface area contributed by atoms with E-state index in [4.69, 9.17) is 9.47 Å². The SMILES string of the molecule is COc1cc(C)sc1C(=O)N1CCN(CC2CCOC2)CC1. The van der Waals surface area contributed by atoms with E-state index in [2.05, 4.69) is 4.90 Å². The third kappa shape index (κ3) is 3.45. The highest BCUT2D eigenvalue weighted by atomic mass is 32.1. The second-order valence-corrected chi connectivity index (χ2v) is 7.33. The van der Waals surface area contributed by atoms with Gasteiger partial charge in [-0.25, -0.2) is 0 Å². The smallest absolute Gasteiger partial charge is 0.267 e. The van der Waals surface area contributed by atoms with E-state index in [-0.39, 0.29) is 5.91 Å². The summed E-state index contributed by atoms with van der Waals surface area (Å²) in [5.41, 5.74) is 0. The molecule has 0 aliphatic carbocycles. The molecule has 0 saturated carbocycles. The minimum Gasteiger partial charge on any atom is -0.495 e. The average molecular weight is 324 g/mol. The van der Waals surface area contributed by atoms with Crippen LogP contribution in [0.4, 0.5) is 0 Å². The van der Waals surface area contributed by atoms with Crippen molar-refractivity contribution < 1.29 is 14.3 Å². The average Bonchev–Trinajstić information content (AvgIpc) is 3.16. The zero-order chi connectivity index (χ0) is 15.5. The quantitative estimate of drug-likeness (QED) is 0.848. The van der Waals surface area contributed by atoms with Crippen LogP contribution in [0.3, 0.4) is 0 Å². The summed E-state index contributed by atoms with van der Waals surface area (Å²) in [6.07, 6.45) is 1.17. The summed E-state index contributed by atoms with van der Waals surface area (Å²) in [4.78, 5) is 18.9. The highest BCUT2D eigenvalue weighted by molar-refractivity contribution is 7.14. The minimum atomic E-state index is 0.110. The van der Waals surface area contributed by atoms with Crippen molar-refractivity contribution >= 4 is 17.2 Å². The lowest BCUT2D eigenvalue weighted by Gasteiger charge is -2.35. The Morgan fingerprint density at radius 2 is 2.18 bits per heavy atom. The van der Waals surface area contributed by atoms with E-state index >= 15 is 0 Å². The molecule has 0 radical (unpaired) electrons. The largest absolute Gasteiger partial charge is 0.495 e. The lowest BCUT2D eigenvalue weighted by atomic mass is 10.1. The van der Waals surface area contributed by atoms with Crippen LogP contribution in [-0.4, -0.2) is 68.8 Å². The number of hydrogen-bond acceptors (Lipinski definition) is 5. The lowest BCUT2D eigenvalue weighted by Crippen LogP contribution is -2.49. The van der Waals surface area contributed by atoms with Crippen LogP contribution in [0.1, 0.15) is 21.0 Å². The first-order valence-corrected chi connectivity index (χ1v) is 8.73. The highest BCUT2D eigenvalue weighted by Gasteiger charge is 2.27. The molecule has 1 aromatic rings. The van der Waals surface area contributed by atoms with E-state index < -0.39 is 0 Å². The molecule has 22 heavy (non-hydrogen) atoms. The predicted octanol–water partition coefficient (Wildman–Crippen LogP) is 1.86. The fourth-order valence-electron chi connectivity index (χ4n) is 3.16. The minimum absolute atomic E-state index is 0.110. The number of rotatable bonds is 4. The monoisotopic (exact) mass is 324 g/mol. The van der Waals surface area contributed by atoms with Gasteiger partial charge in [0.1, 0.15) is 10.6 Å². The Morgan fingerprint density at radius 1 is 1.41 bits per heavy atom. The van der Waals surface area contributed by atoms with Gasteiger partial charge in [-0.1, -0.05) is 0 Å². The van der Waals surface area contributed by atoms with Gasteiger partial charge in [0.15, 0.2) is 0 Å². The molecular weight excluding hydrogens is 300 g/mol. The summed E-state index contributed by atoms with van der Waals surface area (Å²) < 4.78 is 10.8. The van der Waals surface area contributed by atoms with Gasteiger partial charge < -0.3 is 14.4 Å². The number of thiophene rings is 1. The van der Waals surface area contributed by atoms with Gasteiger partial charge in [0, 0.05) is 44.2 Å². The molecule has 5 nitrogen and oxygen atoms in total. The van der Waals surface area contributed by atoms with Crippen LogP contribution in [0.15, 0.2) is 6.07 Å². The Morgan fingerprint density at radius 3 is 2.82 bits per heavy atom. The molecule has 2 aliphatic rings. The van der Waals surface area contributed by atoms with Crippen molar-refractivity contribution in [1.29, 1.82) is 0 Å². The standard InChI is InChI=1S/C16H24N2O3S/c1-12-9-14(20-2)15(22-12)16(19)18-6-4-17(5-7-18)10-13-3-8-21-11-13/h9,13H,3-8,10-11H2,1-2H3. The molecule has 0 aromatic carbocycles. The van der Waals surface area contributed by atoms with Crippen LogP contribution in [0, 0.1) is 12.8 Å². The molecule has 2 aliphatic heterocycles. The van der Waals surface area contributed by atoms with Crippen molar-refractivity contribution in [1.82, 2.24) is 9.80 Å². The van der Waals surface area contributed by atoms with Crippen molar-refractivity contribution in [2.75, 3.05) is 53.0 Å². The number of ether oxygens (including phenoxy) is 2. The number of hydrogen-bond donors (Lipinski definition) is 0. The van der Waals surface area contributed by atoms with Crippen LogP contribution in [0.5, 0.6) is 5.75 Å². The molecular formula is C16H24N2O3S. The van der Waals surface area contributed by atoms with Crippen LogP contribution >= 0.6 is 11.3 Å². The normalized spacial score (nSPS) is 23.0. The van der Waals surface area contributed by atoms with Gasteiger partial charge in [0.2, 0.25) is 0 Å². The van der Waals surface area contributed by atoms with E-state index in [1.165, 1.54) is 17.8 Å². The van der Waals surface area contributed by atoms with Crippen molar-refractivity contribution in [2.24, 2.45) is 5.92 Å². The van der Waals surface area contributed by atoms with Crippen molar-refractivity contribution in [3.05, 3.63) is 15.8 Å². The molecule has 0 bridgehead atoms. The molecule has 122 valence electrons. The summed E-state index contributed by atoms with van der Waals surface area (Å²) in [5, 5.41) is 0. The van der Waals surface area contributed by atoms with Crippen molar-refractivity contribution in [3.63, 3.8) is 0 Å². The van der Waals surface area contributed by atoms with Gasteiger partial charge in [0.25, 0.3) is 5.91 Å². The Labute approximate surface area is 135 Å². The molecule has 2 fully saturated rings. The summed E-state index contributed by atoms with van der Waals surface area (Å²) in [5.74, 6) is 1.49. The third-order valence-electron chi connectivity index (χ3n) is 4.44. The number of methoxy groups -OCH3 is 1. The Hall–Kier alpha value is -1.11. The van der Waals surface area contributed by atoms with Gasteiger partial charge >= 0.3 is 0 Å². The van der Waals surface area contributed by atoms with Crippen LogP contribution in [0.2, 0.25) is 0 Å². The van der Waals surface area contributed by atoms with Crippen molar-refractivity contribution in [2.45, 2.75) is 13.3 Å². The number of amides is 1. The molecule has 1 atom stereocenters. The molecule has 3 rings (SSSR count). The number of aryl methyl sites for hydroxylation is 1. The van der Waals surface area contributed by atoms with Gasteiger partial charge in [-0.05, 0) is 25.3 Å². The molecule has 1 aromatic heterocycles. The topological polar surface area (TPSA) is 42.0 Å². The Kier molecular flexibility index (Phi) is 5.00. The van der Waals surface area contributed by atoms with Gasteiger partial charge in [-0.3, -0.25) is 9.69 Å². The third-order valence-corrected chi connectivity index (χ3v) is 5.46. The summed E-state index contributed by atoms with van der Waals surface area (Å²) in [7, 11) is 1.62. The predicted molar refractivity (Wildman–Crippen MR) is 86.9 cm³/mol. The van der Waals surface area contributed by atoms with E-state index in [9.17, 15) is 4.79 Å². The van der Waals surface area contributed by atoms with Crippen LogP contribution in [-0.2, 0) is 4.74 Å². The first-order chi connectivity index (χ1) is 10.7. The van der Waals surface area contributed by atoms with E-state index in [0.717, 1.165) is 55.7 Å². The highest BCUT2D eigenvalue weighted by Crippen LogP contribution is 2.30. The van der Waals surface area contributed by atoms with E-state index in [1.807, 2.05) is 17.9 Å². The maximum Gasteiger partial charge on any atom is 0.267 e. The molecule has 0 N–H and O–H groups in total. The van der Waals surface area contributed by atoms with Gasteiger partial charge in [0.05, 0.1) is 13.7 Å². The lowest BCUT2D eigenvalue weighted by molar-refractivity contribution is 0.0613. The maximum absolute atomic E-state index is 12.7. The molecule has 3 heterocycles. The Balaban J connectivity index is 1.55. The second kappa shape index (κ2) is 6.98. The molecule has 2 saturated heterocycles. The first kappa shape index (κ1) is 15.8. The zero-order valence-corrected chi connectivity index (χ0v) is 14.2. The van der Waals surface area contributed by atoms with Gasteiger partial charge in [-0.15, -0.1) is 11.3 Å². The van der Waals surface area contributed by atoms with Crippen molar-refractivity contribution in [3.8, 4) is 5.75 Å². The number of carbonyl (C=O) groups is 1.